The molecule has 0 radical (unpaired) electrons. The van der Waals surface area contributed by atoms with Gasteiger partial charge in [0.2, 0.25) is 0 Å². The second kappa shape index (κ2) is 9.71. The number of hydrogen-bond donors (Lipinski definition) is 1. The molecular weight excluding hydrogens is 461 g/mol. The number of anilines is 1. The van der Waals surface area contributed by atoms with Crippen LogP contribution in [-0.4, -0.2) is 37.0 Å². The normalized spacial score (nSPS) is 13.3. The molecule has 1 heterocycles. The molecule has 0 saturated carbocycles. The molecule has 1 aliphatic rings. The number of hydrogen-bond acceptors (Lipinski definition) is 6. The fraction of sp³-hybridized carbons (Fsp3) is 0.286. The van der Waals surface area contributed by atoms with E-state index >= 15 is 0 Å². The third-order valence-corrected chi connectivity index (χ3v) is 4.78. The summed E-state index contributed by atoms with van der Waals surface area (Å²) < 4.78 is 30.2. The van der Waals surface area contributed by atoms with E-state index in [0.717, 1.165) is 0 Å². The third-order valence-electron chi connectivity index (χ3n) is 4.29. The number of benzene rings is 2. The van der Waals surface area contributed by atoms with Gasteiger partial charge in [-0.15, -0.1) is 0 Å². The summed E-state index contributed by atoms with van der Waals surface area (Å²) in [7, 11) is 0. The lowest BCUT2D eigenvalue weighted by Crippen LogP contribution is -2.30. The summed E-state index contributed by atoms with van der Waals surface area (Å²) in [6.07, 6.45) is -1.43. The first kappa shape index (κ1) is 21.8. The molecule has 3 rings (SSSR count). The van der Waals surface area contributed by atoms with Crippen molar-refractivity contribution in [3.8, 4) is 11.5 Å². The van der Waals surface area contributed by atoms with E-state index in [1.807, 2.05) is 0 Å². The van der Waals surface area contributed by atoms with Gasteiger partial charge in [0.1, 0.15) is 19.0 Å². The molecule has 30 heavy (non-hydrogen) atoms. The monoisotopic (exact) mass is 479 g/mol. The van der Waals surface area contributed by atoms with E-state index in [2.05, 4.69) is 21.2 Å². The van der Waals surface area contributed by atoms with Crippen LogP contribution in [0.1, 0.15) is 30.1 Å². The Bertz CT molecular complexity index is 980. The molecule has 0 aliphatic carbocycles. The SMILES string of the molecule is CC(OC(=O)CCC(=O)c1ccc2c(c1)OCCO2)C(=O)Nc1ccc(Br)cc1F. The minimum atomic E-state index is -1.15. The number of amides is 1. The number of nitrogens with one attached hydrogen (secondary N) is 1. The van der Waals surface area contributed by atoms with E-state index in [9.17, 15) is 18.8 Å². The molecule has 0 spiro atoms. The first-order valence-electron chi connectivity index (χ1n) is 9.21. The molecule has 7 nitrogen and oxygen atoms in total. The summed E-state index contributed by atoms with van der Waals surface area (Å²) in [5, 5.41) is 2.36. The molecule has 1 atom stereocenters. The summed E-state index contributed by atoms with van der Waals surface area (Å²) in [6.45, 7) is 2.22. The molecule has 1 aliphatic heterocycles. The standard InChI is InChI=1S/C21H19BrFNO6/c1-12(21(27)24-16-4-3-14(22)11-15(16)23)30-20(26)7-5-17(25)13-2-6-18-19(10-13)29-9-8-28-18/h2-4,6,10-12H,5,7-9H2,1H3,(H,24,27). The van der Waals surface area contributed by atoms with Gasteiger partial charge in [0.05, 0.1) is 12.1 Å². The fourth-order valence-corrected chi connectivity index (χ4v) is 3.04. The molecule has 1 N–H and O–H groups in total. The molecule has 0 bridgehead atoms. The molecule has 0 fully saturated rings. The largest absolute Gasteiger partial charge is 0.486 e. The van der Waals surface area contributed by atoms with Crippen LogP contribution >= 0.6 is 15.9 Å². The van der Waals surface area contributed by atoms with E-state index in [0.29, 0.717) is 34.7 Å². The average Bonchev–Trinajstić information content (AvgIpc) is 2.73. The zero-order valence-electron chi connectivity index (χ0n) is 16.1. The topological polar surface area (TPSA) is 90.9 Å². The summed E-state index contributed by atoms with van der Waals surface area (Å²) >= 11 is 3.13. The highest BCUT2D eigenvalue weighted by atomic mass is 79.9. The van der Waals surface area contributed by atoms with Crippen LogP contribution in [-0.2, 0) is 14.3 Å². The zero-order valence-corrected chi connectivity index (χ0v) is 17.7. The average molecular weight is 480 g/mol. The van der Waals surface area contributed by atoms with Crippen molar-refractivity contribution >= 4 is 39.3 Å². The Kier molecular flexibility index (Phi) is 7.04. The minimum absolute atomic E-state index is 0.0279. The molecule has 2 aromatic carbocycles. The van der Waals surface area contributed by atoms with Crippen LogP contribution in [0.4, 0.5) is 10.1 Å². The van der Waals surface area contributed by atoms with Crippen LogP contribution in [0.25, 0.3) is 0 Å². The van der Waals surface area contributed by atoms with Crippen molar-refractivity contribution < 1.29 is 33.0 Å². The third kappa shape index (κ3) is 5.56. The highest BCUT2D eigenvalue weighted by Gasteiger charge is 2.21. The fourth-order valence-electron chi connectivity index (χ4n) is 2.71. The van der Waals surface area contributed by atoms with Crippen molar-refractivity contribution in [1.82, 2.24) is 0 Å². The number of ketones is 1. The van der Waals surface area contributed by atoms with Gasteiger partial charge in [-0.05, 0) is 43.3 Å². The Labute approximate surface area is 180 Å². The predicted molar refractivity (Wildman–Crippen MR) is 109 cm³/mol. The van der Waals surface area contributed by atoms with Crippen LogP contribution in [0.15, 0.2) is 40.9 Å². The molecule has 1 amide bonds. The molecule has 9 heteroatoms. The van der Waals surface area contributed by atoms with Gasteiger partial charge in [-0.25, -0.2) is 4.39 Å². The molecule has 158 valence electrons. The van der Waals surface area contributed by atoms with E-state index in [1.54, 1.807) is 24.3 Å². The van der Waals surface area contributed by atoms with Crippen LogP contribution in [0.5, 0.6) is 11.5 Å². The second-order valence-corrected chi connectivity index (χ2v) is 7.44. The number of carbonyl (C=O) groups is 3. The number of halogens is 2. The van der Waals surface area contributed by atoms with Crippen molar-refractivity contribution in [2.24, 2.45) is 0 Å². The Morgan fingerprint density at radius 2 is 1.83 bits per heavy atom. The van der Waals surface area contributed by atoms with Crippen LogP contribution in [0.2, 0.25) is 0 Å². The van der Waals surface area contributed by atoms with E-state index in [1.165, 1.54) is 19.1 Å². The first-order valence-corrected chi connectivity index (χ1v) is 10.0. The Morgan fingerprint density at radius 1 is 1.10 bits per heavy atom. The summed E-state index contributed by atoms with van der Waals surface area (Å²) in [5.41, 5.74) is 0.364. The smallest absolute Gasteiger partial charge is 0.307 e. The lowest BCUT2D eigenvalue weighted by molar-refractivity contribution is -0.153. The second-order valence-electron chi connectivity index (χ2n) is 6.53. The molecule has 0 saturated heterocycles. The number of carbonyl (C=O) groups excluding carboxylic acids is 3. The van der Waals surface area contributed by atoms with Crippen molar-refractivity contribution in [1.29, 1.82) is 0 Å². The highest BCUT2D eigenvalue weighted by Crippen LogP contribution is 2.31. The lowest BCUT2D eigenvalue weighted by atomic mass is 10.1. The number of rotatable bonds is 7. The van der Waals surface area contributed by atoms with Gasteiger partial charge in [-0.1, -0.05) is 15.9 Å². The maximum atomic E-state index is 13.8. The molecule has 0 aromatic heterocycles. The quantitative estimate of drug-likeness (QED) is 0.478. The van der Waals surface area contributed by atoms with Gasteiger partial charge in [0.25, 0.3) is 5.91 Å². The molecule has 2 aromatic rings. The zero-order chi connectivity index (χ0) is 21.7. The highest BCUT2D eigenvalue weighted by molar-refractivity contribution is 9.10. The molecule has 1 unspecified atom stereocenters. The van der Waals surface area contributed by atoms with Crippen LogP contribution in [0, 0.1) is 5.82 Å². The van der Waals surface area contributed by atoms with E-state index in [4.69, 9.17) is 14.2 Å². The number of Topliss-reactive ketones (excluding diaryl/α,β-unsaturated/α-hetero) is 1. The van der Waals surface area contributed by atoms with Gasteiger partial charge >= 0.3 is 5.97 Å². The van der Waals surface area contributed by atoms with Crippen LogP contribution < -0.4 is 14.8 Å². The van der Waals surface area contributed by atoms with Crippen molar-refractivity contribution in [3.63, 3.8) is 0 Å². The van der Waals surface area contributed by atoms with E-state index in [-0.39, 0.29) is 24.3 Å². The maximum Gasteiger partial charge on any atom is 0.307 e. The van der Waals surface area contributed by atoms with Gasteiger partial charge in [0, 0.05) is 16.5 Å². The predicted octanol–water partition coefficient (Wildman–Crippen LogP) is 3.89. The van der Waals surface area contributed by atoms with Crippen LogP contribution in [0.3, 0.4) is 0 Å². The summed E-state index contributed by atoms with van der Waals surface area (Å²) in [4.78, 5) is 36.5. The molecular formula is C21H19BrFNO6. The number of esters is 1. The van der Waals surface area contributed by atoms with Crippen molar-refractivity contribution in [3.05, 3.63) is 52.3 Å². The number of fused-ring (bicyclic) bond motifs is 1. The minimum Gasteiger partial charge on any atom is -0.486 e. The van der Waals surface area contributed by atoms with Gasteiger partial charge < -0.3 is 19.5 Å². The van der Waals surface area contributed by atoms with Gasteiger partial charge in [-0.2, -0.15) is 0 Å². The maximum absolute atomic E-state index is 13.8. The first-order chi connectivity index (χ1) is 14.3. The Hall–Kier alpha value is -2.94. The lowest BCUT2D eigenvalue weighted by Gasteiger charge is -2.18. The Morgan fingerprint density at radius 3 is 2.57 bits per heavy atom. The van der Waals surface area contributed by atoms with E-state index < -0.39 is 23.8 Å². The van der Waals surface area contributed by atoms with Gasteiger partial charge in [-0.3, -0.25) is 14.4 Å². The summed E-state index contributed by atoms with van der Waals surface area (Å²) in [6, 6.07) is 8.98. The van der Waals surface area contributed by atoms with Gasteiger partial charge in [0.15, 0.2) is 23.4 Å². The Balaban J connectivity index is 1.48. The van der Waals surface area contributed by atoms with Crippen molar-refractivity contribution in [2.75, 3.05) is 18.5 Å². The summed E-state index contributed by atoms with van der Waals surface area (Å²) in [5.74, 6) is -1.22. The van der Waals surface area contributed by atoms with Crippen molar-refractivity contribution in [2.45, 2.75) is 25.9 Å². The number of ether oxygens (including phenoxy) is 3.